The highest BCUT2D eigenvalue weighted by Crippen LogP contribution is 2.19. The van der Waals surface area contributed by atoms with Crippen molar-refractivity contribution in [2.24, 2.45) is 0 Å². The molecule has 3 aromatic heterocycles. The van der Waals surface area contributed by atoms with Gasteiger partial charge in [0.15, 0.2) is 11.6 Å². The monoisotopic (exact) mass is 406 g/mol. The van der Waals surface area contributed by atoms with Crippen LogP contribution in [0.5, 0.6) is 0 Å². The minimum Gasteiger partial charge on any atom is -0.388 e. The van der Waals surface area contributed by atoms with E-state index in [0.29, 0.717) is 21.7 Å². The quantitative estimate of drug-likeness (QED) is 0.471. The summed E-state index contributed by atoms with van der Waals surface area (Å²) in [5.74, 6) is 0. The maximum absolute atomic E-state index is 12.3. The number of sulfonamides is 1. The molecule has 0 aliphatic heterocycles. The molecule has 27 heavy (non-hydrogen) atoms. The molecule has 0 unspecified atom stereocenters. The summed E-state index contributed by atoms with van der Waals surface area (Å²) < 4.78 is 27.2. The van der Waals surface area contributed by atoms with Crippen LogP contribution in [0.3, 0.4) is 0 Å². The SMILES string of the molecule is CN(C)S(=O)(=O)c1ccc2nnn(OCc3cc(=O)n4ccsc4n3)c2c1. The Kier molecular flexibility index (Phi) is 4.17. The first-order valence-corrected chi connectivity index (χ1v) is 10.1. The molecule has 1 aromatic carbocycles. The van der Waals surface area contributed by atoms with Crippen LogP contribution in [0.25, 0.3) is 16.0 Å². The maximum atomic E-state index is 12.3. The highest BCUT2D eigenvalue weighted by Gasteiger charge is 2.19. The average molecular weight is 406 g/mol. The molecule has 0 spiro atoms. The smallest absolute Gasteiger partial charge is 0.258 e. The van der Waals surface area contributed by atoms with Gasteiger partial charge in [-0.3, -0.25) is 9.20 Å². The first-order valence-electron chi connectivity index (χ1n) is 7.73. The van der Waals surface area contributed by atoms with E-state index in [1.807, 2.05) is 0 Å². The molecule has 0 bridgehead atoms. The van der Waals surface area contributed by atoms with Crippen molar-refractivity contribution in [2.45, 2.75) is 11.5 Å². The fourth-order valence-electron chi connectivity index (χ4n) is 2.43. The molecule has 0 amide bonds. The predicted molar refractivity (Wildman–Crippen MR) is 98.0 cm³/mol. The van der Waals surface area contributed by atoms with Crippen molar-refractivity contribution < 1.29 is 13.3 Å². The summed E-state index contributed by atoms with van der Waals surface area (Å²) in [7, 11) is -0.690. The van der Waals surface area contributed by atoms with E-state index in [2.05, 4.69) is 15.3 Å². The third-order valence-corrected chi connectivity index (χ3v) is 6.42. The van der Waals surface area contributed by atoms with Gasteiger partial charge < -0.3 is 4.84 Å². The standard InChI is InChI=1S/C15H14N6O4S2/c1-19(2)27(23,24)11-3-4-12-13(8-11)21(18-17-12)25-9-10-7-14(22)20-5-6-26-15(20)16-10/h3-8H,9H2,1-2H3. The minimum atomic E-state index is -3.60. The van der Waals surface area contributed by atoms with E-state index in [1.165, 1.54) is 48.0 Å². The molecular formula is C15H14N6O4S2. The van der Waals surface area contributed by atoms with Crippen molar-refractivity contribution in [2.75, 3.05) is 14.1 Å². The van der Waals surface area contributed by atoms with Gasteiger partial charge >= 0.3 is 0 Å². The molecule has 10 nitrogen and oxygen atoms in total. The molecule has 12 heteroatoms. The summed E-state index contributed by atoms with van der Waals surface area (Å²) in [5.41, 5.74) is 1.10. The Labute approximate surface area is 157 Å². The molecule has 0 fully saturated rings. The van der Waals surface area contributed by atoms with E-state index in [9.17, 15) is 13.2 Å². The van der Waals surface area contributed by atoms with Gasteiger partial charge in [-0.15, -0.1) is 16.4 Å². The van der Waals surface area contributed by atoms with Crippen LogP contribution in [-0.4, -0.2) is 51.4 Å². The van der Waals surface area contributed by atoms with Crippen molar-refractivity contribution >= 4 is 37.4 Å². The fourth-order valence-corrected chi connectivity index (χ4v) is 4.09. The van der Waals surface area contributed by atoms with Gasteiger partial charge in [-0.1, -0.05) is 4.85 Å². The highest BCUT2D eigenvalue weighted by molar-refractivity contribution is 7.89. The number of aromatic nitrogens is 5. The number of hydrogen-bond donors (Lipinski definition) is 0. The molecule has 0 saturated heterocycles. The first kappa shape index (κ1) is 17.6. The van der Waals surface area contributed by atoms with Crippen molar-refractivity contribution in [3.05, 3.63) is 51.9 Å². The molecule has 3 heterocycles. The lowest BCUT2D eigenvalue weighted by atomic mass is 10.3. The molecule has 0 N–H and O–H groups in total. The van der Waals surface area contributed by atoms with Crippen LogP contribution >= 0.6 is 11.3 Å². The van der Waals surface area contributed by atoms with Crippen LogP contribution in [0.4, 0.5) is 0 Å². The minimum absolute atomic E-state index is 0.0211. The third-order valence-electron chi connectivity index (χ3n) is 3.86. The number of nitrogens with zero attached hydrogens (tertiary/aromatic N) is 6. The highest BCUT2D eigenvalue weighted by atomic mass is 32.2. The zero-order valence-electron chi connectivity index (χ0n) is 14.3. The van der Waals surface area contributed by atoms with Crippen LogP contribution < -0.4 is 10.4 Å². The zero-order chi connectivity index (χ0) is 19.2. The number of hydrogen-bond acceptors (Lipinski definition) is 8. The summed E-state index contributed by atoms with van der Waals surface area (Å²) in [6, 6.07) is 5.83. The van der Waals surface area contributed by atoms with Crippen molar-refractivity contribution in [1.82, 2.24) is 28.8 Å². The topological polar surface area (TPSA) is 112 Å². The van der Waals surface area contributed by atoms with Crippen molar-refractivity contribution in [3.63, 3.8) is 0 Å². The molecule has 0 aliphatic carbocycles. The lowest BCUT2D eigenvalue weighted by molar-refractivity contribution is 0.0731. The summed E-state index contributed by atoms with van der Waals surface area (Å²) in [6.45, 7) is -0.0211. The Morgan fingerprint density at radius 3 is 2.85 bits per heavy atom. The third kappa shape index (κ3) is 3.07. The van der Waals surface area contributed by atoms with Crippen LogP contribution in [0.1, 0.15) is 5.69 Å². The van der Waals surface area contributed by atoms with E-state index in [-0.39, 0.29) is 17.1 Å². The second-order valence-corrected chi connectivity index (χ2v) is 8.84. The second-order valence-electron chi connectivity index (χ2n) is 5.82. The Balaban J connectivity index is 1.66. The lowest BCUT2D eigenvalue weighted by Gasteiger charge is -2.11. The average Bonchev–Trinajstić information content (AvgIpc) is 3.26. The Morgan fingerprint density at radius 2 is 2.07 bits per heavy atom. The number of fused-ring (bicyclic) bond motifs is 2. The number of benzene rings is 1. The second kappa shape index (κ2) is 6.40. The largest absolute Gasteiger partial charge is 0.388 e. The van der Waals surface area contributed by atoms with Gasteiger partial charge in [0.2, 0.25) is 10.0 Å². The number of rotatable bonds is 5. The van der Waals surface area contributed by atoms with E-state index >= 15 is 0 Å². The Hall–Kier alpha value is -2.83. The Morgan fingerprint density at radius 1 is 1.26 bits per heavy atom. The van der Waals surface area contributed by atoms with Gasteiger partial charge in [0.05, 0.1) is 10.6 Å². The molecule has 4 rings (SSSR count). The first-order chi connectivity index (χ1) is 12.9. The molecule has 140 valence electrons. The summed E-state index contributed by atoms with van der Waals surface area (Å²) in [4.78, 5) is 23.7. The predicted octanol–water partition coefficient (Wildman–Crippen LogP) is 0.380. The van der Waals surface area contributed by atoms with Crippen LogP contribution in [-0.2, 0) is 16.6 Å². The van der Waals surface area contributed by atoms with Gasteiger partial charge in [-0.2, -0.15) is 0 Å². The van der Waals surface area contributed by atoms with Gasteiger partial charge in [0.25, 0.3) is 5.56 Å². The molecule has 4 aromatic rings. The van der Waals surface area contributed by atoms with E-state index in [4.69, 9.17) is 4.84 Å². The van der Waals surface area contributed by atoms with Gasteiger partial charge in [-0.25, -0.2) is 17.7 Å². The van der Waals surface area contributed by atoms with Crippen molar-refractivity contribution in [1.29, 1.82) is 0 Å². The van der Waals surface area contributed by atoms with Crippen LogP contribution in [0, 0.1) is 0 Å². The van der Waals surface area contributed by atoms with Gasteiger partial charge in [-0.05, 0) is 23.4 Å². The summed E-state index contributed by atoms with van der Waals surface area (Å²) >= 11 is 1.34. The zero-order valence-corrected chi connectivity index (χ0v) is 15.9. The van der Waals surface area contributed by atoms with Gasteiger partial charge in [0.1, 0.15) is 11.0 Å². The van der Waals surface area contributed by atoms with Gasteiger partial charge in [0, 0.05) is 31.7 Å². The van der Waals surface area contributed by atoms with E-state index in [1.54, 1.807) is 17.6 Å². The Bertz CT molecular complexity index is 1300. The molecule has 0 saturated carbocycles. The van der Waals surface area contributed by atoms with Crippen LogP contribution in [0.15, 0.2) is 45.5 Å². The lowest BCUT2D eigenvalue weighted by Crippen LogP contribution is -2.22. The van der Waals surface area contributed by atoms with Crippen LogP contribution in [0.2, 0.25) is 0 Å². The number of thiazole rings is 1. The van der Waals surface area contributed by atoms with Crippen molar-refractivity contribution in [3.8, 4) is 0 Å². The molecular weight excluding hydrogens is 392 g/mol. The fraction of sp³-hybridized carbons (Fsp3) is 0.200. The maximum Gasteiger partial charge on any atom is 0.258 e. The summed E-state index contributed by atoms with van der Waals surface area (Å²) in [6.07, 6.45) is 1.65. The molecule has 0 radical (unpaired) electrons. The van der Waals surface area contributed by atoms with E-state index in [0.717, 1.165) is 9.15 Å². The van der Waals surface area contributed by atoms with E-state index < -0.39 is 10.0 Å². The normalized spacial score (nSPS) is 12.3. The molecule has 0 aliphatic rings. The molecule has 0 atom stereocenters. The summed E-state index contributed by atoms with van der Waals surface area (Å²) in [5, 5.41) is 9.60.